The molecule has 0 saturated heterocycles. The number of phenolic OH excluding ortho intramolecular Hbond substituents is 2. The van der Waals surface area contributed by atoms with E-state index in [0.717, 1.165) is 26.9 Å². The number of ketones is 1. The Morgan fingerprint density at radius 3 is 2.32 bits per heavy atom. The van der Waals surface area contributed by atoms with E-state index < -0.39 is 5.72 Å². The second-order valence-corrected chi connectivity index (χ2v) is 9.63. The smallest absolute Gasteiger partial charge is 0.195 e. The Kier molecular flexibility index (Phi) is 6.88. The van der Waals surface area contributed by atoms with Crippen molar-refractivity contribution in [2.24, 2.45) is 0 Å². The van der Waals surface area contributed by atoms with Gasteiger partial charge in [-0.05, 0) is 92.6 Å². The first-order valence-electron chi connectivity index (χ1n) is 11.0. The summed E-state index contributed by atoms with van der Waals surface area (Å²) >= 11 is 1.43. The number of fused-ring (bicyclic) bond motifs is 1. The summed E-state index contributed by atoms with van der Waals surface area (Å²) in [5.74, 6) is 0.839. The summed E-state index contributed by atoms with van der Waals surface area (Å²) in [6.45, 7) is 4.49. The molecular weight excluding hydrogens is 450 g/mol. The Balaban J connectivity index is 1.56. The first-order valence-corrected chi connectivity index (χ1v) is 11.8. The molecule has 7 heteroatoms. The van der Waals surface area contributed by atoms with Gasteiger partial charge in [-0.25, -0.2) is 0 Å². The molecule has 4 N–H and O–H groups in total. The van der Waals surface area contributed by atoms with Crippen molar-refractivity contribution < 1.29 is 24.9 Å². The highest BCUT2D eigenvalue weighted by molar-refractivity contribution is 7.22. The topological polar surface area (TPSA) is 99.0 Å². The fraction of sp³-hybridized carbons (Fsp3) is 0.222. The Morgan fingerprint density at radius 2 is 1.65 bits per heavy atom. The minimum absolute atomic E-state index is 0.124. The number of ether oxygens (including phenoxy) is 1. The van der Waals surface area contributed by atoms with Crippen LogP contribution in [0.25, 0.3) is 20.5 Å². The van der Waals surface area contributed by atoms with E-state index in [1.165, 1.54) is 11.3 Å². The van der Waals surface area contributed by atoms with Crippen molar-refractivity contribution in [2.45, 2.75) is 26.0 Å². The standard InChI is InChI=1S/C27H27NO5S/c1-27(2,32)28-14-3-15-33-21-11-6-17(7-12-21)25(31)24-22-13-10-20(30)16-23(22)34-26(24)18-4-8-19(29)9-5-18/h4-13,16,28-30,32H,3,14-15H2,1-2H3. The molecule has 0 aliphatic heterocycles. The minimum Gasteiger partial charge on any atom is -0.508 e. The van der Waals surface area contributed by atoms with Gasteiger partial charge in [0.1, 0.15) is 23.0 Å². The van der Waals surface area contributed by atoms with Gasteiger partial charge in [0.25, 0.3) is 0 Å². The molecule has 6 nitrogen and oxygen atoms in total. The third-order valence-electron chi connectivity index (χ3n) is 5.29. The van der Waals surface area contributed by atoms with Crippen LogP contribution in [0.3, 0.4) is 0 Å². The van der Waals surface area contributed by atoms with Crippen LogP contribution in [-0.2, 0) is 0 Å². The van der Waals surface area contributed by atoms with Gasteiger partial charge in [-0.3, -0.25) is 10.1 Å². The molecule has 0 aliphatic carbocycles. The van der Waals surface area contributed by atoms with Crippen LogP contribution in [0.2, 0.25) is 0 Å². The van der Waals surface area contributed by atoms with E-state index in [1.54, 1.807) is 80.6 Å². The summed E-state index contributed by atoms with van der Waals surface area (Å²) in [6, 6.07) is 18.8. The Bertz CT molecular complexity index is 1290. The van der Waals surface area contributed by atoms with Crippen molar-refractivity contribution in [3.05, 3.63) is 77.9 Å². The summed E-state index contributed by atoms with van der Waals surface area (Å²) < 4.78 is 6.56. The molecule has 0 unspecified atom stereocenters. The molecule has 0 spiro atoms. The van der Waals surface area contributed by atoms with Crippen LogP contribution < -0.4 is 10.1 Å². The molecule has 4 aromatic rings. The maximum atomic E-state index is 13.6. The highest BCUT2D eigenvalue weighted by Gasteiger charge is 2.22. The normalized spacial score (nSPS) is 11.6. The second-order valence-electron chi connectivity index (χ2n) is 8.57. The van der Waals surface area contributed by atoms with Gasteiger partial charge in [0.15, 0.2) is 5.78 Å². The Hall–Kier alpha value is -3.39. The molecule has 0 atom stereocenters. The molecular formula is C27H27NO5S. The summed E-state index contributed by atoms with van der Waals surface area (Å²) in [7, 11) is 0. The highest BCUT2D eigenvalue weighted by Crippen LogP contribution is 2.41. The molecule has 0 amide bonds. The van der Waals surface area contributed by atoms with Gasteiger partial charge < -0.3 is 20.1 Å². The van der Waals surface area contributed by atoms with E-state index >= 15 is 0 Å². The third kappa shape index (κ3) is 5.56. The van der Waals surface area contributed by atoms with Gasteiger partial charge in [0.2, 0.25) is 0 Å². The lowest BCUT2D eigenvalue weighted by atomic mass is 9.97. The Labute approximate surface area is 202 Å². The number of thiophene rings is 1. The number of aliphatic hydroxyl groups is 1. The number of carbonyl (C=O) groups is 1. The largest absolute Gasteiger partial charge is 0.508 e. The molecule has 0 bridgehead atoms. The Morgan fingerprint density at radius 1 is 0.971 bits per heavy atom. The van der Waals surface area contributed by atoms with Crippen molar-refractivity contribution in [3.63, 3.8) is 0 Å². The predicted octanol–water partition coefficient (Wildman–Crippen LogP) is 5.30. The molecule has 0 saturated carbocycles. The first kappa shape index (κ1) is 23.8. The first-order chi connectivity index (χ1) is 16.2. The van der Waals surface area contributed by atoms with Gasteiger partial charge in [-0.2, -0.15) is 0 Å². The van der Waals surface area contributed by atoms with Crippen LogP contribution in [0, 0.1) is 0 Å². The lowest BCUT2D eigenvalue weighted by Crippen LogP contribution is -2.39. The van der Waals surface area contributed by atoms with E-state index in [1.807, 2.05) is 0 Å². The number of hydrogen-bond donors (Lipinski definition) is 4. The predicted molar refractivity (Wildman–Crippen MR) is 135 cm³/mol. The summed E-state index contributed by atoms with van der Waals surface area (Å²) in [5, 5.41) is 33.0. The summed E-state index contributed by atoms with van der Waals surface area (Å²) in [5.41, 5.74) is 1.01. The molecule has 0 aliphatic rings. The zero-order valence-electron chi connectivity index (χ0n) is 19.0. The molecule has 4 rings (SSSR count). The maximum Gasteiger partial charge on any atom is 0.195 e. The van der Waals surface area contributed by atoms with E-state index in [0.29, 0.717) is 30.0 Å². The van der Waals surface area contributed by atoms with Crippen molar-refractivity contribution in [3.8, 4) is 27.7 Å². The molecule has 176 valence electrons. The fourth-order valence-corrected chi connectivity index (χ4v) is 4.87. The monoisotopic (exact) mass is 477 g/mol. The van der Waals surface area contributed by atoms with E-state index in [2.05, 4.69) is 5.32 Å². The maximum absolute atomic E-state index is 13.6. The van der Waals surface area contributed by atoms with E-state index in [-0.39, 0.29) is 17.3 Å². The lowest BCUT2D eigenvalue weighted by Gasteiger charge is -2.19. The molecule has 0 radical (unpaired) electrons. The van der Waals surface area contributed by atoms with Crippen molar-refractivity contribution in [1.82, 2.24) is 5.32 Å². The van der Waals surface area contributed by atoms with Crippen LogP contribution in [0.4, 0.5) is 0 Å². The molecule has 34 heavy (non-hydrogen) atoms. The van der Waals surface area contributed by atoms with E-state index in [4.69, 9.17) is 4.74 Å². The summed E-state index contributed by atoms with van der Waals surface area (Å²) in [6.07, 6.45) is 0.731. The van der Waals surface area contributed by atoms with Crippen molar-refractivity contribution in [1.29, 1.82) is 0 Å². The number of hydrogen-bond acceptors (Lipinski definition) is 7. The number of phenols is 2. The van der Waals surface area contributed by atoms with Gasteiger partial charge in [-0.1, -0.05) is 0 Å². The van der Waals surface area contributed by atoms with Crippen LogP contribution in [0.5, 0.6) is 17.2 Å². The highest BCUT2D eigenvalue weighted by atomic mass is 32.1. The zero-order chi connectivity index (χ0) is 24.3. The zero-order valence-corrected chi connectivity index (χ0v) is 19.9. The van der Waals surface area contributed by atoms with Crippen LogP contribution in [-0.4, -0.2) is 40.0 Å². The average molecular weight is 478 g/mol. The molecule has 1 aromatic heterocycles. The van der Waals surface area contributed by atoms with Crippen LogP contribution in [0.1, 0.15) is 36.2 Å². The van der Waals surface area contributed by atoms with Crippen molar-refractivity contribution >= 4 is 27.2 Å². The third-order valence-corrected chi connectivity index (χ3v) is 6.50. The van der Waals surface area contributed by atoms with Gasteiger partial charge >= 0.3 is 0 Å². The second kappa shape index (κ2) is 9.85. The quantitative estimate of drug-likeness (QED) is 0.148. The fourth-order valence-electron chi connectivity index (χ4n) is 3.63. The van der Waals surface area contributed by atoms with Gasteiger partial charge in [0, 0.05) is 32.6 Å². The molecule has 1 heterocycles. The number of carbonyl (C=O) groups excluding carboxylic acids is 1. The number of aromatic hydroxyl groups is 2. The lowest BCUT2D eigenvalue weighted by molar-refractivity contribution is 0.0427. The number of benzene rings is 3. The molecule has 0 fully saturated rings. The van der Waals surface area contributed by atoms with Crippen LogP contribution in [0.15, 0.2) is 66.7 Å². The molecule has 3 aromatic carbocycles. The average Bonchev–Trinajstić information content (AvgIpc) is 3.17. The summed E-state index contributed by atoms with van der Waals surface area (Å²) in [4.78, 5) is 14.4. The van der Waals surface area contributed by atoms with E-state index in [9.17, 15) is 20.1 Å². The number of nitrogens with one attached hydrogen (secondary N) is 1. The van der Waals surface area contributed by atoms with Crippen molar-refractivity contribution in [2.75, 3.05) is 13.2 Å². The van der Waals surface area contributed by atoms with Crippen LogP contribution >= 0.6 is 11.3 Å². The minimum atomic E-state index is -0.911. The van der Waals surface area contributed by atoms with Gasteiger partial charge in [-0.15, -0.1) is 11.3 Å². The SMILES string of the molecule is CC(C)(O)NCCCOc1ccc(C(=O)c2c(-c3ccc(O)cc3)sc3cc(O)ccc23)cc1. The number of rotatable bonds is 9. The van der Waals surface area contributed by atoms with Gasteiger partial charge in [0.05, 0.1) is 6.61 Å².